The molecule has 0 aromatic heterocycles. The molecule has 0 radical (unpaired) electrons. The van der Waals surface area contributed by atoms with Crippen molar-refractivity contribution in [2.45, 2.75) is 20.3 Å². The Labute approximate surface area is 100.0 Å². The predicted molar refractivity (Wildman–Crippen MR) is 63.2 cm³/mol. The summed E-state index contributed by atoms with van der Waals surface area (Å²) in [6.07, 6.45) is 0.450. The molecule has 1 aromatic rings. The summed E-state index contributed by atoms with van der Waals surface area (Å²) in [5.41, 5.74) is 1.75. The number of carbonyl (C=O) groups is 1. The lowest BCUT2D eigenvalue weighted by Crippen LogP contribution is -2.12. The number of ether oxygens (including phenoxy) is 1. The van der Waals surface area contributed by atoms with Crippen LogP contribution >= 0.6 is 11.6 Å². The van der Waals surface area contributed by atoms with Crippen molar-refractivity contribution in [2.75, 3.05) is 7.11 Å². The molecule has 16 heavy (non-hydrogen) atoms. The van der Waals surface area contributed by atoms with Crippen LogP contribution in [-0.2, 0) is 11.2 Å². The average molecular weight is 243 g/mol. The highest BCUT2D eigenvalue weighted by Gasteiger charge is 2.14. The number of benzene rings is 1. The van der Waals surface area contributed by atoms with Gasteiger partial charge >= 0.3 is 5.97 Å². The average Bonchev–Trinajstić information content (AvgIpc) is 2.22. The van der Waals surface area contributed by atoms with Crippen molar-refractivity contribution in [2.24, 2.45) is 5.92 Å². The van der Waals surface area contributed by atoms with Gasteiger partial charge in [-0.25, -0.2) is 0 Å². The molecule has 3 nitrogen and oxygen atoms in total. The van der Waals surface area contributed by atoms with Crippen LogP contribution in [0.3, 0.4) is 0 Å². The minimum absolute atomic E-state index is 0.427. The molecule has 0 aliphatic heterocycles. The highest BCUT2D eigenvalue weighted by Crippen LogP contribution is 2.28. The summed E-state index contributed by atoms with van der Waals surface area (Å²) in [4.78, 5) is 10.7. The minimum atomic E-state index is -0.810. The van der Waals surface area contributed by atoms with Crippen LogP contribution in [0.15, 0.2) is 12.1 Å². The summed E-state index contributed by atoms with van der Waals surface area (Å²) in [7, 11) is 1.57. The van der Waals surface area contributed by atoms with Crippen molar-refractivity contribution in [1.29, 1.82) is 0 Å². The van der Waals surface area contributed by atoms with Gasteiger partial charge in [-0.3, -0.25) is 4.79 Å². The largest absolute Gasteiger partial charge is 0.496 e. The molecule has 0 saturated heterocycles. The number of methoxy groups -OCH3 is 1. The Morgan fingerprint density at radius 2 is 2.19 bits per heavy atom. The molecular weight excluding hydrogens is 228 g/mol. The van der Waals surface area contributed by atoms with E-state index in [1.807, 2.05) is 13.0 Å². The lowest BCUT2D eigenvalue weighted by molar-refractivity contribution is -0.141. The molecule has 1 N–H and O–H groups in total. The molecule has 0 spiro atoms. The van der Waals surface area contributed by atoms with Crippen molar-refractivity contribution in [1.82, 2.24) is 0 Å². The van der Waals surface area contributed by atoms with Gasteiger partial charge < -0.3 is 9.84 Å². The van der Waals surface area contributed by atoms with Gasteiger partial charge in [0.2, 0.25) is 0 Å². The van der Waals surface area contributed by atoms with E-state index in [1.54, 1.807) is 20.1 Å². The maximum absolute atomic E-state index is 10.7. The smallest absolute Gasteiger partial charge is 0.306 e. The summed E-state index contributed by atoms with van der Waals surface area (Å²) < 4.78 is 5.18. The number of hydrogen-bond donors (Lipinski definition) is 1. The van der Waals surface area contributed by atoms with Gasteiger partial charge in [0.25, 0.3) is 0 Å². The molecule has 0 amide bonds. The summed E-state index contributed by atoms with van der Waals surface area (Å²) in [5, 5.41) is 9.43. The number of halogens is 1. The van der Waals surface area contributed by atoms with Crippen LogP contribution in [0.25, 0.3) is 0 Å². The molecule has 0 heterocycles. The van der Waals surface area contributed by atoms with Crippen molar-refractivity contribution < 1.29 is 14.6 Å². The fraction of sp³-hybridized carbons (Fsp3) is 0.417. The van der Waals surface area contributed by atoms with Crippen LogP contribution in [0.5, 0.6) is 5.75 Å². The van der Waals surface area contributed by atoms with Gasteiger partial charge in [0.15, 0.2) is 0 Å². The Morgan fingerprint density at radius 3 is 2.69 bits per heavy atom. The van der Waals surface area contributed by atoms with Crippen LogP contribution in [-0.4, -0.2) is 18.2 Å². The van der Waals surface area contributed by atoms with Crippen molar-refractivity contribution >= 4 is 17.6 Å². The quantitative estimate of drug-likeness (QED) is 0.883. The molecule has 0 aliphatic rings. The Kier molecular flexibility index (Phi) is 4.19. The third kappa shape index (κ3) is 2.89. The van der Waals surface area contributed by atoms with Crippen LogP contribution in [0.2, 0.25) is 5.02 Å². The Morgan fingerprint density at radius 1 is 1.56 bits per heavy atom. The SMILES string of the molecule is COc1cc(CC(C)C(=O)O)cc(Cl)c1C. The molecule has 1 atom stereocenters. The van der Waals surface area contributed by atoms with E-state index in [1.165, 1.54) is 0 Å². The third-order valence-corrected chi connectivity index (χ3v) is 2.93. The molecule has 0 aliphatic carbocycles. The highest BCUT2D eigenvalue weighted by atomic mass is 35.5. The monoisotopic (exact) mass is 242 g/mol. The second kappa shape index (κ2) is 5.21. The molecule has 0 bridgehead atoms. The first-order chi connectivity index (χ1) is 7.45. The second-order valence-electron chi connectivity index (χ2n) is 3.85. The maximum Gasteiger partial charge on any atom is 0.306 e. The molecular formula is C12H15ClO3. The predicted octanol–water partition coefficient (Wildman–Crippen LogP) is 2.92. The first-order valence-electron chi connectivity index (χ1n) is 5.01. The van der Waals surface area contributed by atoms with E-state index in [-0.39, 0.29) is 0 Å². The number of carboxylic acids is 1. The van der Waals surface area contributed by atoms with Crippen LogP contribution in [0.1, 0.15) is 18.1 Å². The van der Waals surface area contributed by atoms with Gasteiger partial charge in [-0.1, -0.05) is 18.5 Å². The molecule has 4 heteroatoms. The van der Waals surface area contributed by atoms with Gasteiger partial charge in [0.1, 0.15) is 5.75 Å². The first-order valence-corrected chi connectivity index (χ1v) is 5.39. The molecule has 0 saturated carbocycles. The Bertz CT molecular complexity index is 401. The first kappa shape index (κ1) is 12.8. The standard InChI is InChI=1S/C12H15ClO3/c1-7(12(14)15)4-9-5-10(13)8(2)11(6-9)16-3/h5-7H,4H2,1-3H3,(H,14,15). The Hall–Kier alpha value is -1.22. The van der Waals surface area contributed by atoms with Gasteiger partial charge in [0, 0.05) is 10.6 Å². The Balaban J connectivity index is 2.98. The number of aliphatic carboxylic acids is 1. The molecule has 1 rings (SSSR count). The molecule has 1 unspecified atom stereocenters. The summed E-state index contributed by atoms with van der Waals surface area (Å²) in [6, 6.07) is 3.62. The molecule has 88 valence electrons. The second-order valence-corrected chi connectivity index (χ2v) is 4.26. The number of hydrogen-bond acceptors (Lipinski definition) is 2. The summed E-state index contributed by atoms with van der Waals surface area (Å²) in [5.74, 6) is -0.542. The van der Waals surface area contributed by atoms with Crippen LogP contribution < -0.4 is 4.74 Å². The topological polar surface area (TPSA) is 46.5 Å². The van der Waals surface area contributed by atoms with E-state index in [9.17, 15) is 4.79 Å². The third-order valence-electron chi connectivity index (χ3n) is 2.54. The van der Waals surface area contributed by atoms with Gasteiger partial charge in [-0.15, -0.1) is 0 Å². The van der Waals surface area contributed by atoms with Gasteiger partial charge in [-0.2, -0.15) is 0 Å². The van der Waals surface area contributed by atoms with Gasteiger partial charge in [-0.05, 0) is 31.0 Å². The van der Waals surface area contributed by atoms with Crippen molar-refractivity contribution in [3.8, 4) is 5.75 Å². The maximum atomic E-state index is 10.7. The van der Waals surface area contributed by atoms with Crippen molar-refractivity contribution in [3.05, 3.63) is 28.3 Å². The zero-order valence-electron chi connectivity index (χ0n) is 9.58. The van der Waals surface area contributed by atoms with E-state index in [2.05, 4.69) is 0 Å². The van der Waals surface area contributed by atoms with Crippen molar-refractivity contribution in [3.63, 3.8) is 0 Å². The fourth-order valence-corrected chi connectivity index (χ4v) is 1.71. The van der Waals surface area contributed by atoms with Crippen LogP contribution in [0.4, 0.5) is 0 Å². The van der Waals surface area contributed by atoms with E-state index in [4.69, 9.17) is 21.4 Å². The highest BCUT2D eigenvalue weighted by molar-refractivity contribution is 6.31. The van der Waals surface area contributed by atoms with Crippen LogP contribution in [0, 0.1) is 12.8 Å². The zero-order chi connectivity index (χ0) is 12.3. The van der Waals surface area contributed by atoms with E-state index in [0.29, 0.717) is 17.2 Å². The van der Waals surface area contributed by atoms with E-state index in [0.717, 1.165) is 11.1 Å². The molecule has 0 fully saturated rings. The lowest BCUT2D eigenvalue weighted by Gasteiger charge is -2.11. The normalized spacial score (nSPS) is 12.2. The molecule has 1 aromatic carbocycles. The lowest BCUT2D eigenvalue weighted by atomic mass is 10.00. The number of rotatable bonds is 4. The van der Waals surface area contributed by atoms with E-state index < -0.39 is 11.9 Å². The zero-order valence-corrected chi connectivity index (χ0v) is 10.3. The fourth-order valence-electron chi connectivity index (χ4n) is 1.48. The summed E-state index contributed by atoms with van der Waals surface area (Å²) >= 11 is 6.03. The van der Waals surface area contributed by atoms with Gasteiger partial charge in [0.05, 0.1) is 13.0 Å². The number of carboxylic acid groups (broad SMARTS) is 1. The van der Waals surface area contributed by atoms with E-state index >= 15 is 0 Å². The summed E-state index contributed by atoms with van der Waals surface area (Å²) in [6.45, 7) is 3.54. The minimum Gasteiger partial charge on any atom is -0.496 e.